The Morgan fingerprint density at radius 2 is 2.26 bits per heavy atom. The average molecular weight is 273 g/mol. The van der Waals surface area contributed by atoms with Gasteiger partial charge in [0.1, 0.15) is 0 Å². The van der Waals surface area contributed by atoms with Crippen molar-refractivity contribution in [2.24, 2.45) is 0 Å². The van der Waals surface area contributed by atoms with Gasteiger partial charge in [-0.1, -0.05) is 6.08 Å². The number of nitrogens with zero attached hydrogens (tertiary/aromatic N) is 1. The summed E-state index contributed by atoms with van der Waals surface area (Å²) in [6.45, 7) is 6.65. The summed E-state index contributed by atoms with van der Waals surface area (Å²) >= 11 is 1.86. The monoisotopic (exact) mass is 273 g/mol. The first kappa shape index (κ1) is 13.7. The zero-order valence-electron chi connectivity index (χ0n) is 11.1. The summed E-state index contributed by atoms with van der Waals surface area (Å²) in [4.78, 5) is 4.52. The highest BCUT2D eigenvalue weighted by atomic mass is 32.2. The summed E-state index contributed by atoms with van der Waals surface area (Å²) in [5.74, 6) is 2.04. The summed E-state index contributed by atoms with van der Waals surface area (Å²) in [6, 6.07) is 7.90. The smallest absolute Gasteiger partial charge is 0.0727 e. The molecule has 1 heterocycles. The normalized spacial score (nSPS) is 10.6. The third kappa shape index (κ3) is 3.64. The van der Waals surface area contributed by atoms with Crippen LogP contribution in [0.3, 0.4) is 0 Å². The lowest BCUT2D eigenvalue weighted by Crippen LogP contribution is -2.05. The Kier molecular flexibility index (Phi) is 4.68. The maximum absolute atomic E-state index is 5.85. The number of aromatic nitrogens is 1. The second-order valence-corrected chi connectivity index (χ2v) is 5.53. The van der Waals surface area contributed by atoms with Crippen LogP contribution < -0.4 is 11.1 Å². The standard InChI is InChI=1S/C15H19N3S/c1-3-7-19-8-6-17-15-9-11(2)18-14-5-4-12(16)10-13(14)15/h3-5,9-10H,1,6-8,16H2,2H3,(H,17,18). The lowest BCUT2D eigenvalue weighted by Gasteiger charge is -2.11. The molecule has 1 aromatic heterocycles. The maximum Gasteiger partial charge on any atom is 0.0727 e. The van der Waals surface area contributed by atoms with E-state index in [4.69, 9.17) is 5.73 Å². The number of nitrogen functional groups attached to an aromatic ring is 1. The Bertz CT molecular complexity index is 581. The Morgan fingerprint density at radius 1 is 1.42 bits per heavy atom. The molecule has 2 aromatic rings. The minimum Gasteiger partial charge on any atom is -0.399 e. The van der Waals surface area contributed by atoms with Gasteiger partial charge in [-0.3, -0.25) is 4.98 Å². The number of benzene rings is 1. The van der Waals surface area contributed by atoms with Crippen molar-refractivity contribution < 1.29 is 0 Å². The topological polar surface area (TPSA) is 50.9 Å². The molecule has 0 spiro atoms. The van der Waals surface area contributed by atoms with Gasteiger partial charge in [-0.15, -0.1) is 6.58 Å². The van der Waals surface area contributed by atoms with Gasteiger partial charge >= 0.3 is 0 Å². The molecular weight excluding hydrogens is 254 g/mol. The highest BCUT2D eigenvalue weighted by Crippen LogP contribution is 2.25. The Labute approximate surface area is 118 Å². The minimum absolute atomic E-state index is 0.766. The summed E-state index contributed by atoms with van der Waals surface area (Å²) in [6.07, 6.45) is 1.93. The molecule has 0 unspecified atom stereocenters. The van der Waals surface area contributed by atoms with Crippen molar-refractivity contribution in [1.82, 2.24) is 4.98 Å². The molecule has 1 aromatic carbocycles. The molecule has 0 fully saturated rings. The molecule has 4 heteroatoms. The summed E-state index contributed by atoms with van der Waals surface area (Å²) in [7, 11) is 0. The van der Waals surface area contributed by atoms with Crippen LogP contribution in [0.5, 0.6) is 0 Å². The van der Waals surface area contributed by atoms with Crippen LogP contribution >= 0.6 is 11.8 Å². The molecule has 19 heavy (non-hydrogen) atoms. The van der Waals surface area contributed by atoms with Gasteiger partial charge in [0.15, 0.2) is 0 Å². The molecule has 0 saturated carbocycles. The van der Waals surface area contributed by atoms with E-state index >= 15 is 0 Å². The molecule has 0 aliphatic rings. The van der Waals surface area contributed by atoms with E-state index in [9.17, 15) is 0 Å². The van der Waals surface area contributed by atoms with E-state index in [1.165, 1.54) is 0 Å². The van der Waals surface area contributed by atoms with E-state index < -0.39 is 0 Å². The number of fused-ring (bicyclic) bond motifs is 1. The van der Waals surface area contributed by atoms with Crippen LogP contribution in [0.1, 0.15) is 5.69 Å². The van der Waals surface area contributed by atoms with Crippen LogP contribution in [0.15, 0.2) is 36.9 Å². The van der Waals surface area contributed by atoms with E-state index in [0.717, 1.165) is 46.0 Å². The van der Waals surface area contributed by atoms with E-state index in [1.54, 1.807) is 0 Å². The first-order valence-electron chi connectivity index (χ1n) is 6.30. The Hall–Kier alpha value is -1.68. The summed E-state index contributed by atoms with van der Waals surface area (Å²) in [5.41, 5.74) is 9.72. The number of pyridine rings is 1. The van der Waals surface area contributed by atoms with Crippen molar-refractivity contribution in [3.63, 3.8) is 0 Å². The van der Waals surface area contributed by atoms with E-state index in [2.05, 4.69) is 22.9 Å². The quantitative estimate of drug-likeness (QED) is 0.481. The molecule has 0 bridgehead atoms. The molecule has 0 atom stereocenters. The highest BCUT2D eigenvalue weighted by Gasteiger charge is 2.04. The van der Waals surface area contributed by atoms with Gasteiger partial charge < -0.3 is 11.1 Å². The van der Waals surface area contributed by atoms with Crippen LogP contribution in [0, 0.1) is 6.92 Å². The Morgan fingerprint density at radius 3 is 3.05 bits per heavy atom. The van der Waals surface area contributed by atoms with Crippen molar-refractivity contribution >= 4 is 34.0 Å². The largest absolute Gasteiger partial charge is 0.399 e. The number of nitrogens with one attached hydrogen (secondary N) is 1. The van der Waals surface area contributed by atoms with Crippen molar-refractivity contribution in [1.29, 1.82) is 0 Å². The van der Waals surface area contributed by atoms with E-state index in [1.807, 2.05) is 43.0 Å². The molecule has 3 N–H and O–H groups in total. The molecule has 0 aliphatic carbocycles. The number of hydrogen-bond donors (Lipinski definition) is 2. The van der Waals surface area contributed by atoms with Crippen molar-refractivity contribution in [2.75, 3.05) is 29.1 Å². The van der Waals surface area contributed by atoms with E-state index in [-0.39, 0.29) is 0 Å². The van der Waals surface area contributed by atoms with Gasteiger partial charge in [0, 0.05) is 40.5 Å². The molecule has 0 amide bonds. The molecular formula is C15H19N3S. The van der Waals surface area contributed by atoms with Gasteiger partial charge in [0.25, 0.3) is 0 Å². The van der Waals surface area contributed by atoms with Crippen LogP contribution in [0.2, 0.25) is 0 Å². The zero-order valence-corrected chi connectivity index (χ0v) is 12.0. The fourth-order valence-electron chi connectivity index (χ4n) is 1.95. The molecule has 0 radical (unpaired) electrons. The van der Waals surface area contributed by atoms with Crippen molar-refractivity contribution in [3.05, 3.63) is 42.6 Å². The fraction of sp³-hybridized carbons (Fsp3) is 0.267. The van der Waals surface area contributed by atoms with Crippen LogP contribution in [0.4, 0.5) is 11.4 Å². The van der Waals surface area contributed by atoms with Crippen LogP contribution in [-0.4, -0.2) is 23.0 Å². The lowest BCUT2D eigenvalue weighted by molar-refractivity contribution is 1.20. The number of hydrogen-bond acceptors (Lipinski definition) is 4. The van der Waals surface area contributed by atoms with E-state index in [0.29, 0.717) is 0 Å². The molecule has 0 aliphatic heterocycles. The number of aryl methyl sites for hydroxylation is 1. The molecule has 0 saturated heterocycles. The molecule has 100 valence electrons. The zero-order chi connectivity index (χ0) is 13.7. The first-order valence-corrected chi connectivity index (χ1v) is 7.45. The van der Waals surface area contributed by atoms with Crippen LogP contribution in [0.25, 0.3) is 10.9 Å². The minimum atomic E-state index is 0.766. The van der Waals surface area contributed by atoms with Gasteiger partial charge in [-0.25, -0.2) is 0 Å². The maximum atomic E-state index is 5.85. The summed E-state index contributed by atoms with van der Waals surface area (Å²) < 4.78 is 0. The number of nitrogens with two attached hydrogens (primary N) is 1. The first-order chi connectivity index (χ1) is 9.20. The number of rotatable bonds is 6. The fourth-order valence-corrected chi connectivity index (χ4v) is 2.53. The second-order valence-electron chi connectivity index (χ2n) is 4.38. The third-order valence-electron chi connectivity index (χ3n) is 2.76. The number of anilines is 2. The predicted octanol–water partition coefficient (Wildman–Crippen LogP) is 3.46. The third-order valence-corrected chi connectivity index (χ3v) is 3.72. The van der Waals surface area contributed by atoms with Gasteiger partial charge in [-0.2, -0.15) is 11.8 Å². The van der Waals surface area contributed by atoms with Crippen LogP contribution in [-0.2, 0) is 0 Å². The van der Waals surface area contributed by atoms with Gasteiger partial charge in [0.05, 0.1) is 5.52 Å². The predicted molar refractivity (Wildman–Crippen MR) is 86.9 cm³/mol. The van der Waals surface area contributed by atoms with Crippen molar-refractivity contribution in [2.45, 2.75) is 6.92 Å². The van der Waals surface area contributed by atoms with Gasteiger partial charge in [-0.05, 0) is 31.2 Å². The SMILES string of the molecule is C=CCSCCNc1cc(C)nc2ccc(N)cc12. The molecule has 3 nitrogen and oxygen atoms in total. The second kappa shape index (κ2) is 6.48. The average Bonchev–Trinajstić information content (AvgIpc) is 2.39. The Balaban J connectivity index is 2.16. The van der Waals surface area contributed by atoms with Crippen molar-refractivity contribution in [3.8, 4) is 0 Å². The highest BCUT2D eigenvalue weighted by molar-refractivity contribution is 7.99. The number of thioether (sulfide) groups is 1. The van der Waals surface area contributed by atoms with Gasteiger partial charge in [0.2, 0.25) is 0 Å². The molecule has 2 rings (SSSR count). The lowest BCUT2D eigenvalue weighted by atomic mass is 10.1. The summed E-state index contributed by atoms with van der Waals surface area (Å²) in [5, 5.41) is 4.55.